The van der Waals surface area contributed by atoms with Gasteiger partial charge in [0.2, 0.25) is 0 Å². The molecule has 1 saturated heterocycles. The molecule has 0 spiro atoms. The molecule has 2 atom stereocenters. The lowest BCUT2D eigenvalue weighted by molar-refractivity contribution is -0.138. The topological polar surface area (TPSA) is 105 Å². The van der Waals surface area contributed by atoms with Crippen molar-refractivity contribution in [2.75, 3.05) is 13.2 Å². The maximum absolute atomic E-state index is 13.4. The second-order valence-corrected chi connectivity index (χ2v) is 7.46. The monoisotopic (exact) mass is 426 g/mol. The highest BCUT2D eigenvalue weighted by atomic mass is 19.1. The second-order valence-electron chi connectivity index (χ2n) is 7.46. The lowest BCUT2D eigenvalue weighted by Crippen LogP contribution is -2.51. The van der Waals surface area contributed by atoms with Crippen LogP contribution in [-0.4, -0.2) is 45.8 Å². The Kier molecular flexibility index (Phi) is 6.24. The Balaban J connectivity index is 1.47. The number of carbonyl (C=O) groups is 2. The van der Waals surface area contributed by atoms with Crippen LogP contribution in [0.2, 0.25) is 0 Å². The summed E-state index contributed by atoms with van der Waals surface area (Å²) in [4.78, 5) is 28.8. The van der Waals surface area contributed by atoms with Crippen molar-refractivity contribution >= 4 is 22.8 Å². The van der Waals surface area contributed by atoms with Crippen LogP contribution < -0.4 is 10.8 Å². The van der Waals surface area contributed by atoms with Gasteiger partial charge in [-0.2, -0.15) is 0 Å². The number of halogens is 1. The second kappa shape index (κ2) is 9.23. The van der Waals surface area contributed by atoms with E-state index in [1.807, 2.05) is 41.0 Å². The Hall–Kier alpha value is -3.30. The van der Waals surface area contributed by atoms with Crippen molar-refractivity contribution in [1.29, 1.82) is 0 Å². The Bertz CT molecular complexity index is 1080. The maximum Gasteiger partial charge on any atom is 0.251 e. The van der Waals surface area contributed by atoms with E-state index in [2.05, 4.69) is 10.3 Å². The van der Waals surface area contributed by atoms with Gasteiger partial charge in [-0.15, -0.1) is 0 Å². The first-order valence-electron chi connectivity index (χ1n) is 10.0. The number of alkyl halides is 1. The first-order valence-corrected chi connectivity index (χ1v) is 10.0. The molecular weight excluding hydrogens is 403 g/mol. The average Bonchev–Trinajstić information content (AvgIpc) is 3.17. The van der Waals surface area contributed by atoms with Gasteiger partial charge in [0.1, 0.15) is 12.5 Å². The number of benzene rings is 2. The van der Waals surface area contributed by atoms with Crippen molar-refractivity contribution in [1.82, 2.24) is 20.3 Å². The van der Waals surface area contributed by atoms with E-state index < -0.39 is 24.5 Å². The molecule has 1 fully saturated rings. The normalized spacial score (nSPS) is 18.6. The third-order valence-corrected chi connectivity index (χ3v) is 5.53. The molecule has 0 saturated carbocycles. The number of aromatic nitrogens is 2. The molecule has 2 aromatic carbocycles. The first kappa shape index (κ1) is 21.0. The SMILES string of the molecule is O=C(N[C@H]1CCOC[C@@H]1C(=O)NO)c1ccc(Cn2c(CF)nc3ccccc32)cc1. The van der Waals surface area contributed by atoms with E-state index in [9.17, 15) is 14.0 Å². The van der Waals surface area contributed by atoms with Gasteiger partial charge in [-0.05, 0) is 36.2 Å². The predicted octanol–water partition coefficient (Wildman–Crippen LogP) is 2.19. The molecule has 4 rings (SSSR count). The summed E-state index contributed by atoms with van der Waals surface area (Å²) < 4.78 is 20.5. The molecule has 31 heavy (non-hydrogen) atoms. The van der Waals surface area contributed by atoms with E-state index in [-0.39, 0.29) is 12.5 Å². The smallest absolute Gasteiger partial charge is 0.251 e. The van der Waals surface area contributed by atoms with Crippen molar-refractivity contribution in [2.45, 2.75) is 25.7 Å². The highest BCUT2D eigenvalue weighted by molar-refractivity contribution is 5.95. The summed E-state index contributed by atoms with van der Waals surface area (Å²) in [6, 6.07) is 14.1. The zero-order valence-electron chi connectivity index (χ0n) is 16.8. The number of rotatable bonds is 6. The van der Waals surface area contributed by atoms with Crippen LogP contribution in [0, 0.1) is 5.92 Å². The lowest BCUT2D eigenvalue weighted by atomic mass is 9.94. The predicted molar refractivity (Wildman–Crippen MR) is 110 cm³/mol. The number of amides is 2. The van der Waals surface area contributed by atoms with Crippen LogP contribution in [0.1, 0.15) is 28.2 Å². The first-order chi connectivity index (χ1) is 15.1. The zero-order valence-corrected chi connectivity index (χ0v) is 16.8. The molecule has 0 bridgehead atoms. The van der Waals surface area contributed by atoms with Gasteiger partial charge >= 0.3 is 0 Å². The third-order valence-electron chi connectivity index (χ3n) is 5.53. The summed E-state index contributed by atoms with van der Waals surface area (Å²) in [7, 11) is 0. The number of ether oxygens (including phenoxy) is 1. The molecule has 1 aromatic heterocycles. The fourth-order valence-electron chi connectivity index (χ4n) is 3.85. The molecule has 2 heterocycles. The maximum atomic E-state index is 13.4. The highest BCUT2D eigenvalue weighted by Crippen LogP contribution is 2.20. The van der Waals surface area contributed by atoms with Crippen LogP contribution in [0.5, 0.6) is 0 Å². The van der Waals surface area contributed by atoms with E-state index in [0.29, 0.717) is 31.0 Å². The molecule has 3 N–H and O–H groups in total. The number of carbonyl (C=O) groups excluding carboxylic acids is 2. The number of imidazole rings is 1. The molecule has 9 heteroatoms. The molecule has 0 aliphatic carbocycles. The highest BCUT2D eigenvalue weighted by Gasteiger charge is 2.32. The van der Waals surface area contributed by atoms with Gasteiger partial charge in [0.25, 0.3) is 11.8 Å². The lowest BCUT2D eigenvalue weighted by Gasteiger charge is -2.30. The minimum atomic E-state index is -0.664. The number of hydroxylamine groups is 1. The zero-order chi connectivity index (χ0) is 21.8. The molecule has 8 nitrogen and oxygen atoms in total. The fourth-order valence-corrected chi connectivity index (χ4v) is 3.85. The van der Waals surface area contributed by atoms with Gasteiger partial charge in [0.05, 0.1) is 23.6 Å². The van der Waals surface area contributed by atoms with Gasteiger partial charge in [-0.25, -0.2) is 14.9 Å². The number of nitrogens with one attached hydrogen (secondary N) is 2. The Morgan fingerprint density at radius 1 is 1.19 bits per heavy atom. The van der Waals surface area contributed by atoms with E-state index in [0.717, 1.165) is 16.6 Å². The molecule has 162 valence electrons. The van der Waals surface area contributed by atoms with E-state index in [1.54, 1.807) is 17.6 Å². The summed E-state index contributed by atoms with van der Waals surface area (Å²) in [6.45, 7) is 0.324. The van der Waals surface area contributed by atoms with E-state index >= 15 is 0 Å². The van der Waals surface area contributed by atoms with Gasteiger partial charge < -0.3 is 14.6 Å². The van der Waals surface area contributed by atoms with Crippen molar-refractivity contribution in [3.05, 3.63) is 65.5 Å². The Morgan fingerprint density at radius 3 is 2.71 bits per heavy atom. The Morgan fingerprint density at radius 2 is 1.97 bits per heavy atom. The summed E-state index contributed by atoms with van der Waals surface area (Å²) in [6.07, 6.45) is 0.474. The average molecular weight is 426 g/mol. The molecule has 1 aliphatic rings. The van der Waals surface area contributed by atoms with Crippen molar-refractivity contribution in [3.63, 3.8) is 0 Å². The van der Waals surface area contributed by atoms with Gasteiger partial charge in [0.15, 0.2) is 0 Å². The number of fused-ring (bicyclic) bond motifs is 1. The standard InChI is InChI=1S/C22H23FN4O4/c23-11-20-24-18-3-1-2-4-19(18)27(20)12-14-5-7-15(8-6-14)21(28)25-17-9-10-31-13-16(17)22(29)26-30/h1-8,16-17,30H,9-13H2,(H,25,28)(H,26,29)/t16-,17-/m0/s1. The third kappa shape index (κ3) is 4.42. The molecule has 3 aromatic rings. The molecule has 1 aliphatic heterocycles. The summed E-state index contributed by atoms with van der Waals surface area (Å²) in [5, 5.41) is 11.7. The quantitative estimate of drug-likeness (QED) is 0.414. The largest absolute Gasteiger partial charge is 0.380 e. The van der Waals surface area contributed by atoms with Gasteiger partial charge in [-0.3, -0.25) is 14.8 Å². The summed E-state index contributed by atoms with van der Waals surface area (Å²) in [5.41, 5.74) is 4.56. The van der Waals surface area contributed by atoms with Gasteiger partial charge in [0, 0.05) is 24.8 Å². The van der Waals surface area contributed by atoms with E-state index in [4.69, 9.17) is 9.94 Å². The molecule has 2 amide bonds. The Labute approximate surface area is 178 Å². The van der Waals surface area contributed by atoms with Crippen LogP contribution in [0.15, 0.2) is 48.5 Å². The van der Waals surface area contributed by atoms with Crippen LogP contribution in [0.3, 0.4) is 0 Å². The number of nitrogens with zero attached hydrogens (tertiary/aromatic N) is 2. The fraction of sp³-hybridized carbons (Fsp3) is 0.318. The van der Waals surface area contributed by atoms with Crippen LogP contribution in [-0.2, 0) is 22.8 Å². The van der Waals surface area contributed by atoms with Gasteiger partial charge in [-0.1, -0.05) is 24.3 Å². The summed E-state index contributed by atoms with van der Waals surface area (Å²) in [5.74, 6) is -1.20. The summed E-state index contributed by atoms with van der Waals surface area (Å²) >= 11 is 0. The minimum Gasteiger partial charge on any atom is -0.380 e. The molecule has 0 unspecified atom stereocenters. The molecule has 0 radical (unpaired) electrons. The number of hydrogen-bond acceptors (Lipinski definition) is 5. The van der Waals surface area contributed by atoms with Crippen LogP contribution in [0.25, 0.3) is 11.0 Å². The van der Waals surface area contributed by atoms with Crippen molar-refractivity contribution in [3.8, 4) is 0 Å². The minimum absolute atomic E-state index is 0.131. The number of hydrogen-bond donors (Lipinski definition) is 3. The van der Waals surface area contributed by atoms with Crippen molar-refractivity contribution < 1.29 is 23.9 Å². The molecular formula is C22H23FN4O4. The van der Waals surface area contributed by atoms with Crippen LogP contribution in [0.4, 0.5) is 4.39 Å². The number of para-hydroxylation sites is 2. The van der Waals surface area contributed by atoms with Crippen LogP contribution >= 0.6 is 0 Å². The van der Waals surface area contributed by atoms with Crippen molar-refractivity contribution in [2.24, 2.45) is 5.92 Å². The van der Waals surface area contributed by atoms with E-state index in [1.165, 1.54) is 0 Å².